The van der Waals surface area contributed by atoms with Crippen LogP contribution in [0.15, 0.2) is 0 Å². The van der Waals surface area contributed by atoms with E-state index in [9.17, 15) is 13.6 Å². The van der Waals surface area contributed by atoms with Crippen LogP contribution >= 0.6 is 0 Å². The summed E-state index contributed by atoms with van der Waals surface area (Å²) in [5.41, 5.74) is -2.71. The Kier molecular flexibility index (Phi) is 1.89. The predicted octanol–water partition coefficient (Wildman–Crippen LogP) is 0.769. The standard InChI is InChI=1S/C4H6F2O2/c1-4(6,2-5)3(7)8/h2H2,1H3,(H,7,8). The van der Waals surface area contributed by atoms with Crippen molar-refractivity contribution in [2.45, 2.75) is 12.6 Å². The van der Waals surface area contributed by atoms with Crippen LogP contribution in [0.5, 0.6) is 0 Å². The van der Waals surface area contributed by atoms with Crippen LogP contribution in [-0.2, 0) is 4.79 Å². The molecule has 1 N–H and O–H groups in total. The van der Waals surface area contributed by atoms with Gasteiger partial charge in [-0.15, -0.1) is 0 Å². The van der Waals surface area contributed by atoms with E-state index in [1.54, 1.807) is 0 Å². The third kappa shape index (κ3) is 1.44. The molecule has 0 radical (unpaired) electrons. The molecule has 0 bridgehead atoms. The summed E-state index contributed by atoms with van der Waals surface area (Å²) in [6, 6.07) is 0. The second-order valence-corrected chi connectivity index (χ2v) is 1.64. The van der Waals surface area contributed by atoms with Gasteiger partial charge in [-0.3, -0.25) is 0 Å². The molecule has 1 unspecified atom stereocenters. The molecule has 0 aromatic rings. The average molecular weight is 124 g/mol. The van der Waals surface area contributed by atoms with Crippen LogP contribution in [0.4, 0.5) is 8.78 Å². The Morgan fingerprint density at radius 3 is 2.25 bits per heavy atom. The summed E-state index contributed by atoms with van der Waals surface area (Å²) in [6.45, 7) is -0.808. The lowest BCUT2D eigenvalue weighted by molar-refractivity contribution is -0.150. The number of halogens is 2. The second-order valence-electron chi connectivity index (χ2n) is 1.64. The van der Waals surface area contributed by atoms with Crippen molar-refractivity contribution in [3.8, 4) is 0 Å². The zero-order valence-corrected chi connectivity index (χ0v) is 4.32. The smallest absolute Gasteiger partial charge is 0.343 e. The van der Waals surface area contributed by atoms with E-state index >= 15 is 0 Å². The minimum absolute atomic E-state index is 0.676. The molecule has 0 aromatic carbocycles. The Morgan fingerprint density at radius 2 is 2.25 bits per heavy atom. The summed E-state index contributed by atoms with van der Waals surface area (Å²) in [5.74, 6) is -1.76. The van der Waals surface area contributed by atoms with E-state index in [2.05, 4.69) is 0 Å². The highest BCUT2D eigenvalue weighted by molar-refractivity contribution is 5.76. The van der Waals surface area contributed by atoms with E-state index in [1.807, 2.05) is 0 Å². The lowest BCUT2D eigenvalue weighted by Crippen LogP contribution is -2.31. The van der Waals surface area contributed by atoms with Gasteiger partial charge in [0.1, 0.15) is 6.67 Å². The molecule has 0 aliphatic heterocycles. The first-order valence-corrected chi connectivity index (χ1v) is 1.99. The maximum absolute atomic E-state index is 12.0. The molecule has 0 fully saturated rings. The number of carboxylic acid groups (broad SMARTS) is 1. The molecule has 0 heterocycles. The monoisotopic (exact) mass is 124 g/mol. The van der Waals surface area contributed by atoms with Crippen molar-refractivity contribution in [2.75, 3.05) is 6.67 Å². The highest BCUT2D eigenvalue weighted by Crippen LogP contribution is 2.09. The quantitative estimate of drug-likeness (QED) is 0.590. The van der Waals surface area contributed by atoms with Gasteiger partial charge in [-0.1, -0.05) is 0 Å². The fourth-order valence-electron chi connectivity index (χ4n) is 0.0572. The first-order valence-electron chi connectivity index (χ1n) is 1.99. The van der Waals surface area contributed by atoms with Crippen molar-refractivity contribution in [1.29, 1.82) is 0 Å². The van der Waals surface area contributed by atoms with Gasteiger partial charge in [0.2, 0.25) is 5.67 Å². The second kappa shape index (κ2) is 2.07. The molecule has 0 aliphatic carbocycles. The summed E-state index contributed by atoms with van der Waals surface area (Å²) in [6.07, 6.45) is 0. The van der Waals surface area contributed by atoms with Gasteiger partial charge >= 0.3 is 5.97 Å². The van der Waals surface area contributed by atoms with Crippen LogP contribution in [0.3, 0.4) is 0 Å². The molecule has 48 valence electrons. The number of carboxylic acids is 1. The number of alkyl halides is 2. The van der Waals surface area contributed by atoms with E-state index in [1.165, 1.54) is 0 Å². The zero-order chi connectivity index (χ0) is 6.78. The minimum Gasteiger partial charge on any atom is -0.479 e. The summed E-state index contributed by atoms with van der Waals surface area (Å²) in [7, 11) is 0. The van der Waals surface area contributed by atoms with E-state index in [0.29, 0.717) is 6.92 Å². The van der Waals surface area contributed by atoms with Gasteiger partial charge in [-0.25, -0.2) is 13.6 Å². The molecule has 2 nitrogen and oxygen atoms in total. The van der Waals surface area contributed by atoms with E-state index < -0.39 is 18.3 Å². The van der Waals surface area contributed by atoms with Crippen molar-refractivity contribution in [2.24, 2.45) is 0 Å². The molecule has 8 heavy (non-hydrogen) atoms. The number of hydrogen-bond donors (Lipinski definition) is 1. The Bertz CT molecular complexity index is 100. The van der Waals surface area contributed by atoms with Crippen molar-refractivity contribution < 1.29 is 18.7 Å². The maximum Gasteiger partial charge on any atom is 0.343 e. The van der Waals surface area contributed by atoms with Crippen LogP contribution in [0.1, 0.15) is 6.92 Å². The Morgan fingerprint density at radius 1 is 1.88 bits per heavy atom. The predicted molar refractivity (Wildman–Crippen MR) is 23.1 cm³/mol. The Labute approximate surface area is 45.1 Å². The van der Waals surface area contributed by atoms with Crippen LogP contribution in [0.2, 0.25) is 0 Å². The lowest BCUT2D eigenvalue weighted by Gasteiger charge is -2.07. The molecule has 1 atom stereocenters. The molecule has 0 rings (SSSR count). The third-order valence-corrected chi connectivity index (χ3v) is 0.697. The van der Waals surface area contributed by atoms with Crippen molar-refractivity contribution in [3.63, 3.8) is 0 Å². The molecular weight excluding hydrogens is 118 g/mol. The molecule has 0 saturated heterocycles. The van der Waals surface area contributed by atoms with E-state index in [4.69, 9.17) is 5.11 Å². The fraction of sp³-hybridized carbons (Fsp3) is 0.750. The van der Waals surface area contributed by atoms with Crippen molar-refractivity contribution >= 4 is 5.97 Å². The molecule has 0 aromatic heterocycles. The number of aliphatic carboxylic acids is 1. The summed E-state index contributed by atoms with van der Waals surface area (Å²) >= 11 is 0. The van der Waals surface area contributed by atoms with Crippen molar-refractivity contribution in [1.82, 2.24) is 0 Å². The lowest BCUT2D eigenvalue weighted by atomic mass is 10.2. The van der Waals surface area contributed by atoms with Crippen LogP contribution < -0.4 is 0 Å². The minimum atomic E-state index is -2.71. The molecule has 0 saturated carbocycles. The molecule has 0 spiro atoms. The van der Waals surface area contributed by atoms with Crippen LogP contribution in [0.25, 0.3) is 0 Å². The molecular formula is C4H6F2O2. The average Bonchev–Trinajstić information content (AvgIpc) is 1.67. The molecule has 0 aliphatic rings. The first-order chi connectivity index (χ1) is 3.50. The van der Waals surface area contributed by atoms with Gasteiger partial charge in [-0.2, -0.15) is 0 Å². The van der Waals surface area contributed by atoms with Crippen LogP contribution in [0, 0.1) is 0 Å². The van der Waals surface area contributed by atoms with Crippen LogP contribution in [-0.4, -0.2) is 23.4 Å². The zero-order valence-electron chi connectivity index (χ0n) is 4.32. The highest BCUT2D eigenvalue weighted by atomic mass is 19.2. The topological polar surface area (TPSA) is 37.3 Å². The Hall–Kier alpha value is -0.670. The summed E-state index contributed by atoms with van der Waals surface area (Å²) < 4.78 is 23.2. The van der Waals surface area contributed by atoms with Gasteiger partial charge in [0, 0.05) is 0 Å². The first kappa shape index (κ1) is 7.33. The fourth-order valence-corrected chi connectivity index (χ4v) is 0.0572. The highest BCUT2D eigenvalue weighted by Gasteiger charge is 2.32. The van der Waals surface area contributed by atoms with Gasteiger partial charge in [0.25, 0.3) is 0 Å². The van der Waals surface area contributed by atoms with Gasteiger partial charge < -0.3 is 5.11 Å². The SMILES string of the molecule is CC(F)(CF)C(=O)O. The third-order valence-electron chi connectivity index (χ3n) is 0.697. The molecule has 0 amide bonds. The van der Waals surface area contributed by atoms with Gasteiger partial charge in [0.05, 0.1) is 0 Å². The Balaban J connectivity index is 3.91. The normalized spacial score (nSPS) is 17.4. The number of hydrogen-bond acceptors (Lipinski definition) is 1. The number of rotatable bonds is 2. The molecule has 4 heteroatoms. The summed E-state index contributed by atoms with van der Waals surface area (Å²) in [4.78, 5) is 9.64. The largest absolute Gasteiger partial charge is 0.479 e. The van der Waals surface area contributed by atoms with Gasteiger partial charge in [0.15, 0.2) is 0 Å². The van der Waals surface area contributed by atoms with E-state index in [0.717, 1.165) is 0 Å². The summed E-state index contributed by atoms with van der Waals surface area (Å²) in [5, 5.41) is 7.83. The maximum atomic E-state index is 12.0. The van der Waals surface area contributed by atoms with Gasteiger partial charge in [-0.05, 0) is 6.92 Å². The van der Waals surface area contributed by atoms with E-state index in [-0.39, 0.29) is 0 Å². The van der Waals surface area contributed by atoms with Crippen molar-refractivity contribution in [3.05, 3.63) is 0 Å². The number of carbonyl (C=O) groups is 1.